The summed E-state index contributed by atoms with van der Waals surface area (Å²) in [5, 5.41) is 12.5. The molecule has 3 rings (SSSR count). The predicted octanol–water partition coefficient (Wildman–Crippen LogP) is -1.04. The van der Waals surface area contributed by atoms with Crippen LogP contribution in [-0.4, -0.2) is 52.9 Å². The summed E-state index contributed by atoms with van der Waals surface area (Å²) in [6.45, 7) is 11.2. The van der Waals surface area contributed by atoms with Crippen LogP contribution in [0.1, 0.15) is 44.3 Å². The van der Waals surface area contributed by atoms with Crippen molar-refractivity contribution >= 4 is 0 Å². The van der Waals surface area contributed by atoms with Gasteiger partial charge in [-0.3, -0.25) is 0 Å². The maximum atomic E-state index is 5.45. The predicted molar refractivity (Wildman–Crippen MR) is 85.2 cm³/mol. The van der Waals surface area contributed by atoms with E-state index in [-0.39, 0.29) is 0 Å². The molecule has 126 valence electrons. The molecule has 0 bridgehead atoms. The number of nitrogens with one attached hydrogen (secondary N) is 2. The molecule has 23 heavy (non-hydrogen) atoms. The fourth-order valence-electron chi connectivity index (χ4n) is 3.56. The number of nitrogens with zero attached hydrogens (tertiary/aromatic N) is 4. The van der Waals surface area contributed by atoms with E-state index in [1.54, 1.807) is 16.1 Å². The lowest BCUT2D eigenvalue weighted by atomic mass is 10.1. The normalized spacial score (nSPS) is 23.0. The van der Waals surface area contributed by atoms with Gasteiger partial charge in [0.15, 0.2) is 0 Å². The molecule has 2 aromatic heterocycles. The van der Waals surface area contributed by atoms with Crippen LogP contribution in [0, 0.1) is 0 Å². The van der Waals surface area contributed by atoms with Crippen molar-refractivity contribution in [3.05, 3.63) is 30.0 Å². The molecule has 0 amide bonds. The van der Waals surface area contributed by atoms with Crippen molar-refractivity contribution < 1.29 is 14.2 Å². The van der Waals surface area contributed by atoms with Gasteiger partial charge in [0.2, 0.25) is 5.82 Å². The van der Waals surface area contributed by atoms with E-state index in [1.165, 1.54) is 32.7 Å². The lowest BCUT2D eigenvalue weighted by Gasteiger charge is -2.33. The highest BCUT2D eigenvalue weighted by Crippen LogP contribution is 2.14. The van der Waals surface area contributed by atoms with Gasteiger partial charge in [0.25, 0.3) is 0 Å². The van der Waals surface area contributed by atoms with Gasteiger partial charge in [-0.05, 0) is 29.5 Å². The third-order valence-corrected chi connectivity index (χ3v) is 4.93. The van der Waals surface area contributed by atoms with Crippen molar-refractivity contribution in [3.8, 4) is 0 Å². The highest BCUT2D eigenvalue weighted by Gasteiger charge is 2.33. The maximum Gasteiger partial charge on any atom is 0.209 e. The number of quaternary nitrogens is 2. The summed E-state index contributed by atoms with van der Waals surface area (Å²) in [6.07, 6.45) is 3.96. The second kappa shape index (κ2) is 7.70. The highest BCUT2D eigenvalue weighted by atomic mass is 16.3. The number of rotatable bonds is 7. The second-order valence-corrected chi connectivity index (χ2v) is 6.38. The van der Waals surface area contributed by atoms with E-state index in [4.69, 9.17) is 4.42 Å². The first-order chi connectivity index (χ1) is 11.3. The molecule has 7 heteroatoms. The Bertz CT molecular complexity index is 573. The summed E-state index contributed by atoms with van der Waals surface area (Å²) in [4.78, 5) is 3.33. The zero-order valence-corrected chi connectivity index (χ0v) is 14.2. The number of hydrogen-bond acceptors (Lipinski definition) is 4. The van der Waals surface area contributed by atoms with Gasteiger partial charge in [-0.2, -0.15) is 0 Å². The van der Waals surface area contributed by atoms with Crippen LogP contribution in [0.4, 0.5) is 0 Å². The third kappa shape index (κ3) is 3.79. The fraction of sp³-hybridized carbons (Fsp3) is 0.688. The molecule has 0 radical (unpaired) electrons. The minimum Gasteiger partial charge on any atom is -0.467 e. The molecule has 0 saturated carbocycles. The molecule has 7 nitrogen and oxygen atoms in total. The van der Waals surface area contributed by atoms with E-state index in [2.05, 4.69) is 29.4 Å². The number of piperazine rings is 1. The number of tetrazole rings is 1. The number of aromatic nitrogens is 4. The average Bonchev–Trinajstić information content (AvgIpc) is 3.25. The second-order valence-electron chi connectivity index (χ2n) is 6.38. The number of furan rings is 1. The van der Waals surface area contributed by atoms with E-state index in [9.17, 15) is 0 Å². The van der Waals surface area contributed by atoms with Gasteiger partial charge in [0, 0.05) is 6.42 Å². The average molecular weight is 320 g/mol. The Balaban J connectivity index is 1.75. The van der Waals surface area contributed by atoms with Gasteiger partial charge in [0.1, 0.15) is 44.5 Å². The molecule has 1 aliphatic rings. The molecule has 1 aliphatic heterocycles. The van der Waals surface area contributed by atoms with E-state index in [0.29, 0.717) is 12.6 Å². The molecule has 0 aliphatic carbocycles. The Hall–Kier alpha value is -1.73. The molecule has 1 saturated heterocycles. The Kier molecular flexibility index (Phi) is 5.40. The summed E-state index contributed by atoms with van der Waals surface area (Å²) in [5.41, 5.74) is 0. The number of likely N-dealkylation sites (N-methyl/N-ethyl adjacent to an activating group) is 1. The van der Waals surface area contributed by atoms with Crippen LogP contribution < -0.4 is 9.80 Å². The highest BCUT2D eigenvalue weighted by molar-refractivity contribution is 5.00. The van der Waals surface area contributed by atoms with E-state index in [0.717, 1.165) is 24.4 Å². The molecule has 0 spiro atoms. The molecule has 1 atom stereocenters. The lowest BCUT2D eigenvalue weighted by Crippen LogP contribution is -3.28. The molecule has 0 aromatic carbocycles. The van der Waals surface area contributed by atoms with Crippen molar-refractivity contribution in [1.29, 1.82) is 0 Å². The molecule has 3 heterocycles. The first-order valence-electron chi connectivity index (χ1n) is 8.78. The standard InChI is InChI=1S/C16H26N6O/c1-3-6-15(21-10-8-20(4-2)9-11-21)16-17-18-19-22(16)13-14-7-5-12-23-14/h5,7,12,15H,3-4,6,8-11,13H2,1-2H3/p+2/t15-/m0/s1. The summed E-state index contributed by atoms with van der Waals surface area (Å²) < 4.78 is 7.36. The molecular weight excluding hydrogens is 292 g/mol. The summed E-state index contributed by atoms with van der Waals surface area (Å²) in [6, 6.07) is 4.25. The zero-order chi connectivity index (χ0) is 16.1. The summed E-state index contributed by atoms with van der Waals surface area (Å²) >= 11 is 0. The zero-order valence-electron chi connectivity index (χ0n) is 14.2. The Morgan fingerprint density at radius 2 is 2.09 bits per heavy atom. The van der Waals surface area contributed by atoms with Gasteiger partial charge in [-0.1, -0.05) is 13.3 Å². The van der Waals surface area contributed by atoms with Crippen molar-refractivity contribution in [2.45, 2.75) is 39.3 Å². The van der Waals surface area contributed by atoms with Gasteiger partial charge in [-0.25, -0.2) is 4.68 Å². The topological polar surface area (TPSA) is 65.6 Å². The monoisotopic (exact) mass is 320 g/mol. The Morgan fingerprint density at radius 3 is 2.74 bits per heavy atom. The van der Waals surface area contributed by atoms with Crippen molar-refractivity contribution in [2.24, 2.45) is 0 Å². The smallest absolute Gasteiger partial charge is 0.209 e. The SMILES string of the molecule is CCC[C@@H](c1nnnn1Cc1ccco1)[NH+]1CC[NH+](CC)CC1. The number of hydrogen-bond donors (Lipinski definition) is 2. The first-order valence-corrected chi connectivity index (χ1v) is 8.78. The van der Waals surface area contributed by atoms with Gasteiger partial charge >= 0.3 is 0 Å². The van der Waals surface area contributed by atoms with E-state index < -0.39 is 0 Å². The van der Waals surface area contributed by atoms with Crippen LogP contribution in [0.25, 0.3) is 0 Å². The van der Waals surface area contributed by atoms with Gasteiger partial charge in [0.05, 0.1) is 12.8 Å². The third-order valence-electron chi connectivity index (χ3n) is 4.93. The summed E-state index contributed by atoms with van der Waals surface area (Å²) in [5.74, 6) is 1.89. The molecule has 2 aromatic rings. The molecule has 2 N–H and O–H groups in total. The Morgan fingerprint density at radius 1 is 1.26 bits per heavy atom. The maximum absolute atomic E-state index is 5.45. The van der Waals surface area contributed by atoms with Crippen LogP contribution in [0.5, 0.6) is 0 Å². The van der Waals surface area contributed by atoms with Crippen LogP contribution in [-0.2, 0) is 6.54 Å². The van der Waals surface area contributed by atoms with Crippen LogP contribution in [0.15, 0.2) is 22.8 Å². The van der Waals surface area contributed by atoms with Crippen molar-refractivity contribution in [3.63, 3.8) is 0 Å². The largest absolute Gasteiger partial charge is 0.467 e. The van der Waals surface area contributed by atoms with Crippen molar-refractivity contribution in [2.75, 3.05) is 32.7 Å². The molecule has 1 fully saturated rings. The quantitative estimate of drug-likeness (QED) is 0.684. The van der Waals surface area contributed by atoms with Gasteiger partial charge < -0.3 is 14.2 Å². The van der Waals surface area contributed by atoms with Crippen LogP contribution in [0.2, 0.25) is 0 Å². The molecular formula is C16H28N6O+2. The minimum atomic E-state index is 0.378. The molecule has 0 unspecified atom stereocenters. The van der Waals surface area contributed by atoms with Crippen LogP contribution in [0.3, 0.4) is 0 Å². The van der Waals surface area contributed by atoms with Gasteiger partial charge in [-0.15, -0.1) is 5.10 Å². The fourth-order valence-corrected chi connectivity index (χ4v) is 3.56. The first kappa shape index (κ1) is 16.1. The van der Waals surface area contributed by atoms with E-state index in [1.807, 2.05) is 16.8 Å². The van der Waals surface area contributed by atoms with Crippen molar-refractivity contribution in [1.82, 2.24) is 20.2 Å². The minimum absolute atomic E-state index is 0.378. The van der Waals surface area contributed by atoms with E-state index >= 15 is 0 Å². The lowest BCUT2D eigenvalue weighted by molar-refractivity contribution is -1.03. The van der Waals surface area contributed by atoms with Crippen LogP contribution >= 0.6 is 0 Å². The summed E-state index contributed by atoms with van der Waals surface area (Å²) in [7, 11) is 0. The Labute approximate surface area is 137 Å².